The molecule has 0 radical (unpaired) electrons. The molecule has 29 heavy (non-hydrogen) atoms. The summed E-state index contributed by atoms with van der Waals surface area (Å²) in [5.74, 6) is -1.32. The fourth-order valence-corrected chi connectivity index (χ4v) is 4.42. The minimum atomic E-state index is -3.66. The summed E-state index contributed by atoms with van der Waals surface area (Å²) >= 11 is 0. The van der Waals surface area contributed by atoms with E-state index in [1.54, 1.807) is 0 Å². The highest BCUT2D eigenvalue weighted by Gasteiger charge is 2.31. The van der Waals surface area contributed by atoms with Crippen molar-refractivity contribution >= 4 is 27.6 Å². The van der Waals surface area contributed by atoms with E-state index in [4.69, 9.17) is 10.5 Å². The number of hydrogen-bond donors (Lipinski definition) is 2. The van der Waals surface area contributed by atoms with Crippen molar-refractivity contribution in [3.63, 3.8) is 0 Å². The van der Waals surface area contributed by atoms with Gasteiger partial charge in [0.2, 0.25) is 21.8 Å². The minimum absolute atomic E-state index is 0.0302. The van der Waals surface area contributed by atoms with Gasteiger partial charge in [-0.05, 0) is 38.1 Å². The second kappa shape index (κ2) is 8.29. The molecule has 1 fully saturated rings. The highest BCUT2D eigenvalue weighted by Crippen LogP contribution is 2.27. The molecule has 11 heteroatoms. The molecule has 156 valence electrons. The zero-order chi connectivity index (χ0) is 21.2. The third kappa shape index (κ3) is 4.46. The van der Waals surface area contributed by atoms with E-state index in [1.165, 1.54) is 19.4 Å². The van der Waals surface area contributed by atoms with Crippen molar-refractivity contribution in [1.29, 1.82) is 0 Å². The number of aromatic nitrogens is 2. The van der Waals surface area contributed by atoms with Crippen LogP contribution in [-0.4, -0.2) is 56.7 Å². The summed E-state index contributed by atoms with van der Waals surface area (Å²) in [5, 5.41) is 3.17. The van der Waals surface area contributed by atoms with Crippen LogP contribution in [0.1, 0.15) is 28.8 Å². The zero-order valence-corrected chi connectivity index (χ0v) is 16.9. The molecular weight excluding hydrogens is 401 g/mol. The molecule has 1 aromatic carbocycles. The zero-order valence-electron chi connectivity index (χ0n) is 16.1. The Hall–Kier alpha value is -2.79. The van der Waals surface area contributed by atoms with Gasteiger partial charge in [0.15, 0.2) is 0 Å². The number of ether oxygens (including phenoxy) is 1. The lowest BCUT2D eigenvalue weighted by atomic mass is 10.0. The number of nitrogens with one attached hydrogen (secondary N) is 1. The summed E-state index contributed by atoms with van der Waals surface area (Å²) in [6, 6.07) is 3.19. The summed E-state index contributed by atoms with van der Waals surface area (Å²) < 4.78 is 44.3. The van der Waals surface area contributed by atoms with E-state index in [1.807, 2.05) is 0 Å². The van der Waals surface area contributed by atoms with Crippen LogP contribution in [-0.2, 0) is 10.0 Å². The van der Waals surface area contributed by atoms with E-state index in [-0.39, 0.29) is 34.7 Å². The predicted octanol–water partition coefficient (Wildman–Crippen LogP) is 0.956. The number of rotatable bonds is 6. The monoisotopic (exact) mass is 423 g/mol. The largest absolute Gasteiger partial charge is 0.496 e. The Morgan fingerprint density at radius 1 is 1.31 bits per heavy atom. The van der Waals surface area contributed by atoms with Crippen LogP contribution < -0.4 is 20.1 Å². The number of carbonyl (C=O) groups excluding carboxylic acids is 1. The number of piperidine rings is 1. The Kier molecular flexibility index (Phi) is 5.99. The molecule has 3 N–H and O–H groups in total. The molecule has 0 unspecified atom stereocenters. The second-order valence-electron chi connectivity index (χ2n) is 6.68. The molecule has 1 aromatic heterocycles. The minimum Gasteiger partial charge on any atom is -0.496 e. The summed E-state index contributed by atoms with van der Waals surface area (Å²) in [6.45, 7) is 1.35. The van der Waals surface area contributed by atoms with Crippen molar-refractivity contribution in [2.45, 2.75) is 18.9 Å². The Morgan fingerprint density at radius 2 is 2.00 bits per heavy atom. The number of nitrogen functional groups attached to an aromatic ring is 1. The van der Waals surface area contributed by atoms with Crippen LogP contribution in [0.4, 0.5) is 16.2 Å². The van der Waals surface area contributed by atoms with Crippen LogP contribution in [0.3, 0.4) is 0 Å². The van der Waals surface area contributed by atoms with Gasteiger partial charge in [0.1, 0.15) is 17.4 Å². The van der Waals surface area contributed by atoms with E-state index in [0.717, 1.165) is 22.7 Å². The van der Waals surface area contributed by atoms with E-state index in [9.17, 15) is 17.6 Å². The number of anilines is 2. The number of benzene rings is 1. The molecule has 9 nitrogen and oxygen atoms in total. The Bertz CT molecular complexity index is 1020. The molecule has 0 bridgehead atoms. The van der Waals surface area contributed by atoms with Crippen LogP contribution in [0.25, 0.3) is 0 Å². The maximum atomic E-state index is 13.4. The molecule has 0 aliphatic carbocycles. The van der Waals surface area contributed by atoms with Crippen molar-refractivity contribution in [3.8, 4) is 5.75 Å². The van der Waals surface area contributed by atoms with Gasteiger partial charge >= 0.3 is 0 Å². The van der Waals surface area contributed by atoms with Gasteiger partial charge in [-0.3, -0.25) is 4.79 Å². The first-order chi connectivity index (χ1) is 13.7. The van der Waals surface area contributed by atoms with Crippen LogP contribution in [0.5, 0.6) is 5.75 Å². The number of methoxy groups -OCH3 is 1. The quantitative estimate of drug-likeness (QED) is 0.658. The molecular formula is C18H22FN5O4S. The van der Waals surface area contributed by atoms with Crippen molar-refractivity contribution < 1.29 is 22.3 Å². The van der Waals surface area contributed by atoms with Crippen LogP contribution in [0.15, 0.2) is 24.4 Å². The van der Waals surface area contributed by atoms with Crippen LogP contribution in [0.2, 0.25) is 0 Å². The molecule has 1 aliphatic rings. The standard InChI is InChI=1S/C18H22FN5O4S/c1-28-15-9-11(19)3-4-13(15)16(25)14-10-22-18(23-17(14)20)24(29(2,26)27)12-5-7-21-8-6-12/h3-4,9-10,12,21H,5-8H2,1-2H3,(H2,20,22,23). The number of halogens is 1. The van der Waals surface area contributed by atoms with Crippen molar-refractivity contribution in [3.05, 3.63) is 41.3 Å². The number of sulfonamides is 1. The lowest BCUT2D eigenvalue weighted by molar-refractivity contribution is 0.103. The first-order valence-electron chi connectivity index (χ1n) is 8.93. The summed E-state index contributed by atoms with van der Waals surface area (Å²) in [7, 11) is -2.34. The van der Waals surface area contributed by atoms with Crippen LogP contribution in [0, 0.1) is 5.82 Å². The van der Waals surface area contributed by atoms with Gasteiger partial charge in [-0.15, -0.1) is 0 Å². The molecule has 0 amide bonds. The average Bonchev–Trinajstić information content (AvgIpc) is 2.67. The lowest BCUT2D eigenvalue weighted by Crippen LogP contribution is -2.46. The highest BCUT2D eigenvalue weighted by molar-refractivity contribution is 7.92. The number of hydrogen-bond acceptors (Lipinski definition) is 8. The summed E-state index contributed by atoms with van der Waals surface area (Å²) in [4.78, 5) is 21.0. The van der Waals surface area contributed by atoms with E-state index >= 15 is 0 Å². The average molecular weight is 423 g/mol. The molecule has 0 saturated carbocycles. The summed E-state index contributed by atoms with van der Waals surface area (Å²) in [6.07, 6.45) is 3.46. The number of nitrogens with two attached hydrogens (primary N) is 1. The predicted molar refractivity (Wildman–Crippen MR) is 106 cm³/mol. The molecule has 3 rings (SSSR count). The van der Waals surface area contributed by atoms with Crippen molar-refractivity contribution in [2.75, 3.05) is 36.5 Å². The molecule has 2 aromatic rings. The molecule has 0 spiro atoms. The summed E-state index contributed by atoms with van der Waals surface area (Å²) in [5.41, 5.74) is 6.03. The fraction of sp³-hybridized carbons (Fsp3) is 0.389. The smallest absolute Gasteiger partial charge is 0.241 e. The topological polar surface area (TPSA) is 128 Å². The van der Waals surface area contributed by atoms with Crippen molar-refractivity contribution in [2.24, 2.45) is 0 Å². The van der Waals surface area contributed by atoms with E-state index in [2.05, 4.69) is 15.3 Å². The first kappa shape index (κ1) is 20.9. The lowest BCUT2D eigenvalue weighted by Gasteiger charge is -2.32. The number of nitrogens with zero attached hydrogens (tertiary/aromatic N) is 3. The number of carbonyl (C=O) groups is 1. The maximum Gasteiger partial charge on any atom is 0.241 e. The molecule has 2 heterocycles. The Balaban J connectivity index is 1.98. The van der Waals surface area contributed by atoms with Gasteiger partial charge in [0.25, 0.3) is 0 Å². The first-order valence-corrected chi connectivity index (χ1v) is 10.8. The van der Waals surface area contributed by atoms with E-state index in [0.29, 0.717) is 25.9 Å². The third-order valence-corrected chi connectivity index (χ3v) is 5.83. The fourth-order valence-electron chi connectivity index (χ4n) is 3.29. The van der Waals surface area contributed by atoms with Crippen LogP contribution >= 0.6 is 0 Å². The Morgan fingerprint density at radius 3 is 2.59 bits per heavy atom. The molecule has 1 saturated heterocycles. The highest BCUT2D eigenvalue weighted by atomic mass is 32.2. The van der Waals surface area contributed by atoms with Crippen molar-refractivity contribution in [1.82, 2.24) is 15.3 Å². The van der Waals surface area contributed by atoms with Gasteiger partial charge in [0, 0.05) is 12.3 Å². The van der Waals surface area contributed by atoms with Gasteiger partial charge in [0.05, 0.1) is 30.5 Å². The number of ketones is 1. The maximum absolute atomic E-state index is 13.4. The normalized spacial score (nSPS) is 15.1. The molecule has 0 atom stereocenters. The Labute approximate surface area is 168 Å². The molecule has 1 aliphatic heterocycles. The van der Waals surface area contributed by atoms with Gasteiger partial charge in [-0.25, -0.2) is 22.1 Å². The second-order valence-corrected chi connectivity index (χ2v) is 8.54. The van der Waals surface area contributed by atoms with Gasteiger partial charge in [-0.2, -0.15) is 4.98 Å². The van der Waals surface area contributed by atoms with Gasteiger partial charge in [-0.1, -0.05) is 0 Å². The van der Waals surface area contributed by atoms with E-state index < -0.39 is 21.6 Å². The SMILES string of the molecule is COc1cc(F)ccc1C(=O)c1cnc(N(C2CCNCC2)S(C)(=O)=O)nc1N. The van der Waals surface area contributed by atoms with Gasteiger partial charge < -0.3 is 15.8 Å². The third-order valence-electron chi connectivity index (χ3n) is 4.65.